The molecular formula is C10H10F2OS. The summed E-state index contributed by atoms with van der Waals surface area (Å²) in [7, 11) is 0. The predicted octanol–water partition coefficient (Wildman–Crippen LogP) is 2.82. The zero-order chi connectivity index (χ0) is 10.7. The van der Waals surface area contributed by atoms with E-state index < -0.39 is 11.6 Å². The number of hydrogen-bond donors (Lipinski definition) is 0. The average molecular weight is 216 g/mol. The molecule has 0 saturated carbocycles. The largest absolute Gasteiger partial charge is 0.300 e. The van der Waals surface area contributed by atoms with Crippen molar-refractivity contribution >= 4 is 17.5 Å². The van der Waals surface area contributed by atoms with Crippen LogP contribution in [0.5, 0.6) is 0 Å². The third-order valence-corrected chi connectivity index (χ3v) is 2.56. The normalized spacial score (nSPS) is 10.3. The number of carbonyl (C=O) groups excluding carboxylic acids is 1. The molecule has 0 heterocycles. The van der Waals surface area contributed by atoms with E-state index in [1.54, 1.807) is 6.26 Å². The Labute approximate surface area is 85.5 Å². The Hall–Kier alpha value is -0.900. The van der Waals surface area contributed by atoms with Crippen molar-refractivity contribution in [3.63, 3.8) is 0 Å². The molecule has 0 aliphatic heterocycles. The fraction of sp³-hybridized carbons (Fsp3) is 0.300. The minimum atomic E-state index is -0.618. The summed E-state index contributed by atoms with van der Waals surface area (Å²) in [6, 6.07) is 2.50. The molecule has 0 unspecified atom stereocenters. The van der Waals surface area contributed by atoms with E-state index in [0.29, 0.717) is 0 Å². The predicted molar refractivity (Wildman–Crippen MR) is 52.5 cm³/mol. The third-order valence-electron chi connectivity index (χ3n) is 1.77. The molecule has 0 aliphatic rings. The van der Waals surface area contributed by atoms with E-state index in [2.05, 4.69) is 0 Å². The molecule has 1 aromatic carbocycles. The van der Waals surface area contributed by atoms with Gasteiger partial charge in [-0.3, -0.25) is 4.79 Å². The number of benzene rings is 1. The van der Waals surface area contributed by atoms with Crippen molar-refractivity contribution in [2.75, 3.05) is 6.26 Å². The molecule has 0 amide bonds. The molecule has 0 bridgehead atoms. The highest BCUT2D eigenvalue weighted by Crippen LogP contribution is 2.25. The maximum Gasteiger partial charge on any atom is 0.143 e. The lowest BCUT2D eigenvalue weighted by molar-refractivity contribution is -0.116. The molecule has 14 heavy (non-hydrogen) atoms. The second kappa shape index (κ2) is 4.55. The quantitative estimate of drug-likeness (QED) is 0.723. The molecule has 76 valence electrons. The van der Waals surface area contributed by atoms with E-state index in [0.717, 1.165) is 11.8 Å². The van der Waals surface area contributed by atoms with Crippen LogP contribution in [0, 0.1) is 11.6 Å². The fourth-order valence-corrected chi connectivity index (χ4v) is 1.74. The molecule has 0 atom stereocenters. The lowest BCUT2D eigenvalue weighted by atomic mass is 10.1. The van der Waals surface area contributed by atoms with Crippen LogP contribution in [-0.4, -0.2) is 12.0 Å². The van der Waals surface area contributed by atoms with Crippen LogP contribution in [0.3, 0.4) is 0 Å². The van der Waals surface area contributed by atoms with Crippen molar-refractivity contribution in [3.8, 4) is 0 Å². The van der Waals surface area contributed by atoms with Gasteiger partial charge < -0.3 is 0 Å². The van der Waals surface area contributed by atoms with Crippen molar-refractivity contribution in [1.82, 2.24) is 0 Å². The van der Waals surface area contributed by atoms with Gasteiger partial charge in [0.2, 0.25) is 0 Å². The van der Waals surface area contributed by atoms with Gasteiger partial charge in [0.15, 0.2) is 0 Å². The summed E-state index contributed by atoms with van der Waals surface area (Å²) in [5.41, 5.74) is 0.253. The lowest BCUT2D eigenvalue weighted by Crippen LogP contribution is -2.01. The molecule has 0 spiro atoms. The van der Waals surface area contributed by atoms with Crippen molar-refractivity contribution in [2.24, 2.45) is 0 Å². The molecule has 0 N–H and O–H groups in total. The van der Waals surface area contributed by atoms with Crippen molar-refractivity contribution in [3.05, 3.63) is 29.3 Å². The Balaban J connectivity index is 3.14. The first kappa shape index (κ1) is 11.2. The zero-order valence-corrected chi connectivity index (χ0v) is 8.75. The number of carbonyl (C=O) groups is 1. The van der Waals surface area contributed by atoms with Gasteiger partial charge in [-0.25, -0.2) is 8.78 Å². The molecule has 0 aromatic heterocycles. The number of thioether (sulfide) groups is 1. The van der Waals surface area contributed by atoms with E-state index in [9.17, 15) is 13.6 Å². The van der Waals surface area contributed by atoms with Crippen LogP contribution in [0.4, 0.5) is 8.78 Å². The summed E-state index contributed by atoms with van der Waals surface area (Å²) in [6.45, 7) is 1.38. The molecule has 0 radical (unpaired) electrons. The molecule has 1 nitrogen and oxygen atoms in total. The van der Waals surface area contributed by atoms with Crippen LogP contribution in [0.15, 0.2) is 17.0 Å². The van der Waals surface area contributed by atoms with Gasteiger partial charge in [-0.05, 0) is 24.8 Å². The standard InChI is InChI=1S/C10H10F2OS/c1-6(13)5-7-3-4-8(11)10(14-2)9(7)12/h3-4H,5H2,1-2H3. The Bertz CT molecular complexity index is 363. The summed E-state index contributed by atoms with van der Waals surface area (Å²) in [4.78, 5) is 10.8. The van der Waals surface area contributed by atoms with Gasteiger partial charge in [0.25, 0.3) is 0 Å². The summed E-state index contributed by atoms with van der Waals surface area (Å²) >= 11 is 1.00. The van der Waals surface area contributed by atoms with E-state index >= 15 is 0 Å². The van der Waals surface area contributed by atoms with Gasteiger partial charge in [0.1, 0.15) is 17.4 Å². The second-order valence-electron chi connectivity index (χ2n) is 2.93. The first-order valence-corrected chi connectivity index (χ1v) is 5.29. The van der Waals surface area contributed by atoms with Crippen LogP contribution < -0.4 is 0 Å². The summed E-state index contributed by atoms with van der Waals surface area (Å²) in [5, 5.41) is 0. The van der Waals surface area contributed by atoms with Crippen LogP contribution in [-0.2, 0) is 11.2 Å². The molecule has 1 rings (SSSR count). The highest BCUT2D eigenvalue weighted by Gasteiger charge is 2.13. The van der Waals surface area contributed by atoms with Crippen molar-refractivity contribution in [1.29, 1.82) is 0 Å². The monoisotopic (exact) mass is 216 g/mol. The molecule has 4 heteroatoms. The van der Waals surface area contributed by atoms with Crippen LogP contribution in [0.1, 0.15) is 12.5 Å². The van der Waals surface area contributed by atoms with Crippen LogP contribution in [0.25, 0.3) is 0 Å². The smallest absolute Gasteiger partial charge is 0.143 e. The molecule has 0 saturated heterocycles. The topological polar surface area (TPSA) is 17.1 Å². The fourth-order valence-electron chi connectivity index (χ4n) is 1.17. The Morgan fingerprint density at radius 2 is 2.07 bits per heavy atom. The summed E-state index contributed by atoms with van der Waals surface area (Å²) < 4.78 is 26.5. The van der Waals surface area contributed by atoms with Crippen molar-refractivity contribution < 1.29 is 13.6 Å². The van der Waals surface area contributed by atoms with Gasteiger partial charge in [-0.15, -0.1) is 11.8 Å². The van der Waals surface area contributed by atoms with E-state index in [4.69, 9.17) is 0 Å². The first-order chi connectivity index (χ1) is 6.56. The molecule has 0 aliphatic carbocycles. The van der Waals surface area contributed by atoms with Crippen LogP contribution in [0.2, 0.25) is 0 Å². The van der Waals surface area contributed by atoms with Gasteiger partial charge in [0.05, 0.1) is 4.90 Å². The highest BCUT2D eigenvalue weighted by molar-refractivity contribution is 7.98. The SMILES string of the molecule is CSc1c(F)ccc(CC(C)=O)c1F. The number of ketones is 1. The van der Waals surface area contributed by atoms with Crippen molar-refractivity contribution in [2.45, 2.75) is 18.2 Å². The Kier molecular flexibility index (Phi) is 3.63. The average Bonchev–Trinajstić information content (AvgIpc) is 2.10. The Morgan fingerprint density at radius 3 is 2.57 bits per heavy atom. The van der Waals surface area contributed by atoms with Crippen LogP contribution >= 0.6 is 11.8 Å². The van der Waals surface area contributed by atoms with Gasteiger partial charge >= 0.3 is 0 Å². The minimum absolute atomic E-state index is 0.0136. The van der Waals surface area contributed by atoms with Gasteiger partial charge in [-0.2, -0.15) is 0 Å². The maximum absolute atomic E-state index is 13.5. The Morgan fingerprint density at radius 1 is 1.43 bits per heavy atom. The number of Topliss-reactive ketones (excluding diaryl/α,β-unsaturated/α-hetero) is 1. The molecule has 0 fully saturated rings. The van der Waals surface area contributed by atoms with Gasteiger partial charge in [-0.1, -0.05) is 6.07 Å². The van der Waals surface area contributed by atoms with E-state index in [1.807, 2.05) is 0 Å². The minimum Gasteiger partial charge on any atom is -0.300 e. The highest BCUT2D eigenvalue weighted by atomic mass is 32.2. The van der Waals surface area contributed by atoms with E-state index in [-0.39, 0.29) is 22.7 Å². The summed E-state index contributed by atoms with van der Waals surface area (Å²) in [6.07, 6.45) is 1.61. The number of halogens is 2. The van der Waals surface area contributed by atoms with E-state index in [1.165, 1.54) is 19.1 Å². The summed E-state index contributed by atoms with van der Waals surface area (Å²) in [5.74, 6) is -1.34. The third kappa shape index (κ3) is 2.32. The first-order valence-electron chi connectivity index (χ1n) is 4.06. The molecular weight excluding hydrogens is 206 g/mol. The lowest BCUT2D eigenvalue weighted by Gasteiger charge is -2.05. The number of hydrogen-bond acceptors (Lipinski definition) is 2. The molecule has 1 aromatic rings. The zero-order valence-electron chi connectivity index (χ0n) is 7.93. The number of rotatable bonds is 3. The maximum atomic E-state index is 13.5. The van der Waals surface area contributed by atoms with Gasteiger partial charge in [0, 0.05) is 6.42 Å². The second-order valence-corrected chi connectivity index (χ2v) is 3.75.